The molecule has 8 heteroatoms. The Kier molecular flexibility index (Phi) is 6.75. The number of likely N-dealkylation sites (tertiary alicyclic amines) is 1. The van der Waals surface area contributed by atoms with E-state index in [2.05, 4.69) is 5.32 Å². The Hall–Kier alpha value is -2.15. The molecule has 1 atom stereocenters. The maximum Gasteiger partial charge on any atom is 0.330 e. The van der Waals surface area contributed by atoms with Crippen molar-refractivity contribution in [2.45, 2.75) is 38.1 Å². The summed E-state index contributed by atoms with van der Waals surface area (Å²) in [6.45, 7) is 0.262. The smallest absolute Gasteiger partial charge is 0.330 e. The molecule has 1 saturated heterocycles. The SMILES string of the molecule is O=C(CN1CCCCCCC1=O)NC(C(=O)O)c1ccc(Cl)c(F)c1. The zero-order valence-electron chi connectivity index (χ0n) is 13.6. The van der Waals surface area contributed by atoms with E-state index < -0.39 is 23.7 Å². The zero-order chi connectivity index (χ0) is 18.4. The molecule has 1 heterocycles. The van der Waals surface area contributed by atoms with Crippen LogP contribution in [0, 0.1) is 5.82 Å². The van der Waals surface area contributed by atoms with E-state index in [9.17, 15) is 23.9 Å². The van der Waals surface area contributed by atoms with E-state index in [0.29, 0.717) is 13.0 Å². The van der Waals surface area contributed by atoms with Gasteiger partial charge in [-0.1, -0.05) is 30.5 Å². The molecule has 1 aliphatic heterocycles. The molecule has 0 aromatic heterocycles. The highest BCUT2D eigenvalue weighted by Gasteiger charge is 2.25. The van der Waals surface area contributed by atoms with Crippen LogP contribution in [-0.4, -0.2) is 40.9 Å². The number of hydrogen-bond donors (Lipinski definition) is 2. The van der Waals surface area contributed by atoms with Gasteiger partial charge in [-0.25, -0.2) is 9.18 Å². The van der Waals surface area contributed by atoms with Gasteiger partial charge in [0.15, 0.2) is 6.04 Å². The first kappa shape index (κ1) is 19.2. The monoisotopic (exact) mass is 370 g/mol. The molecular formula is C17H20ClFN2O4. The second kappa shape index (κ2) is 8.80. The first-order valence-corrected chi connectivity index (χ1v) is 8.51. The fraction of sp³-hybridized carbons (Fsp3) is 0.471. The molecule has 1 unspecified atom stereocenters. The average Bonchev–Trinajstić information content (AvgIpc) is 2.55. The number of nitrogens with zero attached hydrogens (tertiary/aromatic N) is 1. The molecule has 1 aromatic rings. The van der Waals surface area contributed by atoms with Crippen molar-refractivity contribution in [1.29, 1.82) is 0 Å². The van der Waals surface area contributed by atoms with Crippen molar-refractivity contribution >= 4 is 29.4 Å². The van der Waals surface area contributed by atoms with Crippen molar-refractivity contribution in [1.82, 2.24) is 10.2 Å². The number of nitrogens with one attached hydrogen (secondary N) is 1. The van der Waals surface area contributed by atoms with Crippen molar-refractivity contribution in [3.8, 4) is 0 Å². The van der Waals surface area contributed by atoms with Crippen LogP contribution in [0.4, 0.5) is 4.39 Å². The number of halogens is 2. The van der Waals surface area contributed by atoms with Gasteiger partial charge in [-0.2, -0.15) is 0 Å². The van der Waals surface area contributed by atoms with Gasteiger partial charge in [0.2, 0.25) is 11.8 Å². The summed E-state index contributed by atoms with van der Waals surface area (Å²) < 4.78 is 13.6. The van der Waals surface area contributed by atoms with Gasteiger partial charge in [0, 0.05) is 13.0 Å². The van der Waals surface area contributed by atoms with Gasteiger partial charge in [0.25, 0.3) is 0 Å². The van der Waals surface area contributed by atoms with Crippen molar-refractivity contribution < 1.29 is 23.9 Å². The third-order valence-corrected chi connectivity index (χ3v) is 4.39. The van der Waals surface area contributed by atoms with Crippen LogP contribution < -0.4 is 5.32 Å². The standard InChI is InChI=1S/C17H20ClFN2O4/c18-12-7-6-11(9-13(12)19)16(17(24)25)20-14(22)10-21-8-4-2-1-3-5-15(21)23/h6-7,9,16H,1-5,8,10H2,(H,20,22)(H,24,25). The molecular weight excluding hydrogens is 351 g/mol. The fourth-order valence-electron chi connectivity index (χ4n) is 2.74. The van der Waals surface area contributed by atoms with E-state index in [-0.39, 0.29) is 23.0 Å². The molecule has 0 aliphatic carbocycles. The third-order valence-electron chi connectivity index (χ3n) is 4.09. The second-order valence-electron chi connectivity index (χ2n) is 5.99. The van der Waals surface area contributed by atoms with Gasteiger partial charge >= 0.3 is 5.97 Å². The minimum Gasteiger partial charge on any atom is -0.479 e. The van der Waals surface area contributed by atoms with Gasteiger partial charge in [-0.05, 0) is 30.5 Å². The van der Waals surface area contributed by atoms with Gasteiger partial charge in [-0.3, -0.25) is 9.59 Å². The summed E-state index contributed by atoms with van der Waals surface area (Å²) >= 11 is 5.59. The van der Waals surface area contributed by atoms with Crippen molar-refractivity contribution in [2.75, 3.05) is 13.1 Å². The Balaban J connectivity index is 2.05. The summed E-state index contributed by atoms with van der Waals surface area (Å²) in [4.78, 5) is 37.1. The zero-order valence-corrected chi connectivity index (χ0v) is 14.4. The van der Waals surface area contributed by atoms with Crippen LogP contribution >= 0.6 is 11.6 Å². The van der Waals surface area contributed by atoms with Crippen LogP contribution in [0.1, 0.15) is 43.7 Å². The molecule has 25 heavy (non-hydrogen) atoms. The number of benzene rings is 1. The molecule has 0 spiro atoms. The lowest BCUT2D eigenvalue weighted by atomic mass is 10.1. The van der Waals surface area contributed by atoms with E-state index in [4.69, 9.17) is 11.6 Å². The number of hydrogen-bond acceptors (Lipinski definition) is 3. The predicted molar refractivity (Wildman–Crippen MR) is 89.6 cm³/mol. The number of amides is 2. The summed E-state index contributed by atoms with van der Waals surface area (Å²) in [5.41, 5.74) is 0.0711. The van der Waals surface area contributed by atoms with Crippen LogP contribution in [0.25, 0.3) is 0 Å². The molecule has 2 rings (SSSR count). The topological polar surface area (TPSA) is 86.7 Å². The van der Waals surface area contributed by atoms with E-state index in [0.717, 1.165) is 31.7 Å². The summed E-state index contributed by atoms with van der Waals surface area (Å²) in [5.74, 6) is -2.80. The minimum absolute atomic E-state index is 0.0711. The van der Waals surface area contributed by atoms with Gasteiger partial charge in [0.1, 0.15) is 5.82 Å². The predicted octanol–water partition coefficient (Wildman–Crippen LogP) is 2.51. The van der Waals surface area contributed by atoms with Gasteiger partial charge in [0.05, 0.1) is 11.6 Å². The normalized spacial score (nSPS) is 16.7. The Morgan fingerprint density at radius 1 is 1.28 bits per heavy atom. The van der Waals surface area contributed by atoms with Crippen molar-refractivity contribution in [3.05, 3.63) is 34.6 Å². The number of aliphatic carboxylic acids is 1. The summed E-state index contributed by atoms with van der Waals surface area (Å²) in [6.07, 6.45) is 3.97. The summed E-state index contributed by atoms with van der Waals surface area (Å²) in [6, 6.07) is 2.13. The molecule has 0 saturated carbocycles. The molecule has 6 nitrogen and oxygen atoms in total. The Bertz CT molecular complexity index is 668. The number of rotatable bonds is 5. The Labute approximate surface area is 149 Å². The second-order valence-corrected chi connectivity index (χ2v) is 6.40. The van der Waals surface area contributed by atoms with Gasteiger partial charge in [-0.15, -0.1) is 0 Å². The van der Waals surface area contributed by atoms with Crippen LogP contribution in [0.15, 0.2) is 18.2 Å². The maximum atomic E-state index is 13.6. The van der Waals surface area contributed by atoms with Crippen LogP contribution in [0.3, 0.4) is 0 Å². The minimum atomic E-state index is -1.41. The van der Waals surface area contributed by atoms with E-state index >= 15 is 0 Å². The lowest BCUT2D eigenvalue weighted by molar-refractivity contribution is -0.143. The number of carboxylic acid groups (broad SMARTS) is 1. The van der Waals surface area contributed by atoms with Crippen LogP contribution in [0.5, 0.6) is 0 Å². The van der Waals surface area contributed by atoms with E-state index in [1.807, 2.05) is 0 Å². The van der Waals surface area contributed by atoms with Crippen LogP contribution in [-0.2, 0) is 14.4 Å². The fourth-order valence-corrected chi connectivity index (χ4v) is 2.86. The largest absolute Gasteiger partial charge is 0.479 e. The summed E-state index contributed by atoms with van der Waals surface area (Å²) in [5, 5.41) is 11.5. The highest BCUT2D eigenvalue weighted by molar-refractivity contribution is 6.30. The van der Waals surface area contributed by atoms with Crippen molar-refractivity contribution in [2.24, 2.45) is 0 Å². The van der Waals surface area contributed by atoms with E-state index in [1.54, 1.807) is 0 Å². The first-order valence-electron chi connectivity index (χ1n) is 8.13. The lowest BCUT2D eigenvalue weighted by Gasteiger charge is -2.25. The molecule has 0 radical (unpaired) electrons. The molecule has 1 fully saturated rings. The number of carbonyl (C=O) groups excluding carboxylic acids is 2. The van der Waals surface area contributed by atoms with Gasteiger partial charge < -0.3 is 15.3 Å². The molecule has 0 bridgehead atoms. The number of carboxylic acids is 1. The van der Waals surface area contributed by atoms with Crippen molar-refractivity contribution in [3.63, 3.8) is 0 Å². The average molecular weight is 371 g/mol. The molecule has 2 N–H and O–H groups in total. The Morgan fingerprint density at radius 2 is 2.00 bits per heavy atom. The highest BCUT2D eigenvalue weighted by atomic mass is 35.5. The van der Waals surface area contributed by atoms with E-state index in [1.165, 1.54) is 17.0 Å². The Morgan fingerprint density at radius 3 is 2.68 bits per heavy atom. The highest BCUT2D eigenvalue weighted by Crippen LogP contribution is 2.21. The third kappa shape index (κ3) is 5.42. The number of carbonyl (C=O) groups is 3. The first-order chi connectivity index (χ1) is 11.9. The molecule has 1 aliphatic rings. The summed E-state index contributed by atoms with van der Waals surface area (Å²) in [7, 11) is 0. The quantitative estimate of drug-likeness (QED) is 0.833. The maximum absolute atomic E-state index is 13.6. The molecule has 2 amide bonds. The van der Waals surface area contributed by atoms with Crippen LogP contribution in [0.2, 0.25) is 5.02 Å². The molecule has 1 aromatic carbocycles. The lowest BCUT2D eigenvalue weighted by Crippen LogP contribution is -2.44. The molecule has 136 valence electrons.